The molecule has 146 valence electrons. The van der Waals surface area contributed by atoms with Gasteiger partial charge in [-0.2, -0.15) is 4.31 Å². The summed E-state index contributed by atoms with van der Waals surface area (Å²) in [7, 11) is 0.185. The van der Waals surface area contributed by atoms with Crippen molar-refractivity contribution < 1.29 is 13.2 Å². The van der Waals surface area contributed by atoms with Crippen LogP contribution in [0.15, 0.2) is 35.5 Å². The molecule has 2 aromatic rings. The molecule has 0 N–H and O–H groups in total. The number of rotatable bonds is 5. The Balaban J connectivity index is 1.80. The fourth-order valence-electron chi connectivity index (χ4n) is 3.31. The molecular formula is C19H26N4O3S. The molecule has 1 atom stereocenters. The van der Waals surface area contributed by atoms with Crippen molar-refractivity contribution in [2.24, 2.45) is 0 Å². The molecule has 0 aliphatic carbocycles. The molecule has 1 aliphatic heterocycles. The number of anilines is 1. The zero-order valence-electron chi connectivity index (χ0n) is 16.2. The molecule has 0 spiro atoms. The maximum atomic E-state index is 13.1. The summed E-state index contributed by atoms with van der Waals surface area (Å²) in [6.45, 7) is 4.59. The predicted molar refractivity (Wildman–Crippen MR) is 105 cm³/mol. The quantitative estimate of drug-likeness (QED) is 0.780. The van der Waals surface area contributed by atoms with Gasteiger partial charge >= 0.3 is 0 Å². The van der Waals surface area contributed by atoms with Crippen LogP contribution >= 0.6 is 0 Å². The molecule has 1 saturated heterocycles. The van der Waals surface area contributed by atoms with Gasteiger partial charge in [0.15, 0.2) is 5.82 Å². The SMILES string of the molecule is Cc1ccc(S(=O)(=O)N2CCCC(Oc3nccnc3N(C)C)C2)c(C)c1. The Morgan fingerprint density at radius 3 is 2.63 bits per heavy atom. The monoisotopic (exact) mass is 390 g/mol. The summed E-state index contributed by atoms with van der Waals surface area (Å²) in [5.41, 5.74) is 1.81. The van der Waals surface area contributed by atoms with Crippen LogP contribution < -0.4 is 9.64 Å². The number of piperidine rings is 1. The third-order valence-corrected chi connectivity index (χ3v) is 6.66. The van der Waals surface area contributed by atoms with E-state index in [4.69, 9.17) is 4.74 Å². The van der Waals surface area contributed by atoms with Crippen molar-refractivity contribution in [3.05, 3.63) is 41.7 Å². The van der Waals surface area contributed by atoms with E-state index in [1.165, 1.54) is 4.31 Å². The second-order valence-corrected chi connectivity index (χ2v) is 9.00. The fraction of sp³-hybridized carbons (Fsp3) is 0.474. The summed E-state index contributed by atoms with van der Waals surface area (Å²) in [4.78, 5) is 10.7. The van der Waals surface area contributed by atoms with Gasteiger partial charge in [0, 0.05) is 33.0 Å². The maximum Gasteiger partial charge on any atom is 0.257 e. The van der Waals surface area contributed by atoms with Crippen molar-refractivity contribution >= 4 is 15.8 Å². The van der Waals surface area contributed by atoms with Crippen molar-refractivity contribution in [2.45, 2.75) is 37.7 Å². The molecule has 0 amide bonds. The Labute approximate surface area is 161 Å². The van der Waals surface area contributed by atoms with Crippen molar-refractivity contribution in [3.8, 4) is 5.88 Å². The zero-order chi connectivity index (χ0) is 19.6. The molecule has 27 heavy (non-hydrogen) atoms. The van der Waals surface area contributed by atoms with Gasteiger partial charge in [-0.25, -0.2) is 18.4 Å². The molecule has 0 bridgehead atoms. The van der Waals surface area contributed by atoms with Gasteiger partial charge in [-0.3, -0.25) is 0 Å². The van der Waals surface area contributed by atoms with Crippen LogP contribution in [0.3, 0.4) is 0 Å². The molecule has 2 heterocycles. The van der Waals surface area contributed by atoms with Gasteiger partial charge in [-0.1, -0.05) is 17.7 Å². The second kappa shape index (κ2) is 7.82. The smallest absolute Gasteiger partial charge is 0.257 e. The molecule has 7 nitrogen and oxygen atoms in total. The van der Waals surface area contributed by atoms with E-state index in [2.05, 4.69) is 9.97 Å². The summed E-state index contributed by atoms with van der Waals surface area (Å²) < 4.78 is 33.8. The Morgan fingerprint density at radius 1 is 1.19 bits per heavy atom. The molecular weight excluding hydrogens is 364 g/mol. The first-order chi connectivity index (χ1) is 12.8. The molecule has 1 aliphatic rings. The molecule has 8 heteroatoms. The fourth-order valence-corrected chi connectivity index (χ4v) is 5.03. The van der Waals surface area contributed by atoms with E-state index >= 15 is 0 Å². The van der Waals surface area contributed by atoms with Crippen LogP contribution in [-0.2, 0) is 10.0 Å². The Bertz CT molecular complexity index is 915. The van der Waals surface area contributed by atoms with Crippen molar-refractivity contribution in [1.29, 1.82) is 0 Å². The number of benzene rings is 1. The summed E-state index contributed by atoms with van der Waals surface area (Å²) in [6, 6.07) is 5.42. The number of aryl methyl sites for hydroxylation is 2. The van der Waals surface area contributed by atoms with E-state index in [-0.39, 0.29) is 6.10 Å². The molecule has 0 radical (unpaired) electrons. The average Bonchev–Trinajstić information content (AvgIpc) is 2.62. The van der Waals surface area contributed by atoms with Crippen molar-refractivity contribution in [3.63, 3.8) is 0 Å². The third-order valence-electron chi connectivity index (χ3n) is 4.64. The predicted octanol–water partition coefficient (Wildman–Crippen LogP) is 2.39. The van der Waals surface area contributed by atoms with Gasteiger partial charge in [-0.05, 0) is 38.3 Å². The second-order valence-electron chi connectivity index (χ2n) is 7.09. The van der Waals surface area contributed by atoms with Crippen LogP contribution in [0.4, 0.5) is 5.82 Å². The first kappa shape index (κ1) is 19.6. The van der Waals surface area contributed by atoms with Gasteiger partial charge in [0.2, 0.25) is 10.0 Å². The first-order valence-corrected chi connectivity index (χ1v) is 10.5. The normalized spacial score (nSPS) is 18.3. The zero-order valence-corrected chi connectivity index (χ0v) is 17.0. The Morgan fingerprint density at radius 2 is 1.93 bits per heavy atom. The number of aromatic nitrogens is 2. The number of sulfonamides is 1. The van der Waals surface area contributed by atoms with Gasteiger partial charge in [-0.15, -0.1) is 0 Å². The molecule has 0 saturated carbocycles. The highest BCUT2D eigenvalue weighted by atomic mass is 32.2. The van der Waals surface area contributed by atoms with Crippen LogP contribution in [0.5, 0.6) is 5.88 Å². The lowest BCUT2D eigenvalue weighted by atomic mass is 10.1. The van der Waals surface area contributed by atoms with Crippen LogP contribution in [0.25, 0.3) is 0 Å². The lowest BCUT2D eigenvalue weighted by Gasteiger charge is -2.32. The van der Waals surface area contributed by atoms with E-state index in [0.29, 0.717) is 29.7 Å². The summed E-state index contributed by atoms with van der Waals surface area (Å²) in [5.74, 6) is 1.06. The van der Waals surface area contributed by atoms with Crippen LogP contribution in [0, 0.1) is 13.8 Å². The average molecular weight is 391 g/mol. The summed E-state index contributed by atoms with van der Waals surface area (Å²) in [6.07, 6.45) is 4.46. The van der Waals surface area contributed by atoms with Gasteiger partial charge in [0.25, 0.3) is 5.88 Å². The number of hydrogen-bond acceptors (Lipinski definition) is 6. The Hall–Kier alpha value is -2.19. The van der Waals surface area contributed by atoms with Gasteiger partial charge in [0.05, 0.1) is 11.4 Å². The van der Waals surface area contributed by atoms with E-state index in [9.17, 15) is 8.42 Å². The number of nitrogens with zero attached hydrogens (tertiary/aromatic N) is 4. The minimum absolute atomic E-state index is 0.255. The first-order valence-electron chi connectivity index (χ1n) is 9.01. The summed E-state index contributed by atoms with van der Waals surface area (Å²) in [5, 5.41) is 0. The van der Waals surface area contributed by atoms with Crippen LogP contribution in [-0.4, -0.2) is 56.0 Å². The summed E-state index contributed by atoms with van der Waals surface area (Å²) >= 11 is 0. The van der Waals surface area contributed by atoms with E-state index in [1.807, 2.05) is 45.0 Å². The van der Waals surface area contributed by atoms with E-state index in [0.717, 1.165) is 24.0 Å². The topological polar surface area (TPSA) is 75.6 Å². The molecule has 1 aromatic carbocycles. The molecule has 3 rings (SSSR count). The minimum atomic E-state index is -3.55. The lowest BCUT2D eigenvalue weighted by molar-refractivity contribution is 0.125. The largest absolute Gasteiger partial charge is 0.470 e. The van der Waals surface area contributed by atoms with Crippen molar-refractivity contribution in [1.82, 2.24) is 14.3 Å². The highest BCUT2D eigenvalue weighted by molar-refractivity contribution is 7.89. The van der Waals surface area contributed by atoms with Gasteiger partial charge in [0.1, 0.15) is 6.10 Å². The van der Waals surface area contributed by atoms with Crippen molar-refractivity contribution in [2.75, 3.05) is 32.1 Å². The number of hydrogen-bond donors (Lipinski definition) is 0. The molecule has 1 aromatic heterocycles. The highest BCUT2D eigenvalue weighted by Gasteiger charge is 2.32. The van der Waals surface area contributed by atoms with E-state index < -0.39 is 10.0 Å². The molecule has 1 unspecified atom stereocenters. The molecule has 1 fully saturated rings. The lowest BCUT2D eigenvalue weighted by Crippen LogP contribution is -2.44. The third kappa shape index (κ3) is 4.22. The standard InChI is InChI=1S/C19H26N4O3S/c1-14-7-8-17(15(2)12-14)27(24,25)23-11-5-6-16(13-23)26-19-18(22(3)4)20-9-10-21-19/h7-10,12,16H,5-6,11,13H2,1-4H3. The maximum absolute atomic E-state index is 13.1. The van der Waals surface area contributed by atoms with Crippen LogP contribution in [0.1, 0.15) is 24.0 Å². The highest BCUT2D eigenvalue weighted by Crippen LogP contribution is 2.27. The number of ether oxygens (including phenoxy) is 1. The van der Waals surface area contributed by atoms with Gasteiger partial charge < -0.3 is 9.64 Å². The Kier molecular flexibility index (Phi) is 5.67. The van der Waals surface area contributed by atoms with E-state index in [1.54, 1.807) is 18.5 Å². The minimum Gasteiger partial charge on any atom is -0.470 e. The van der Waals surface area contributed by atoms with Crippen LogP contribution in [0.2, 0.25) is 0 Å².